The van der Waals surface area contributed by atoms with Crippen LogP contribution in [0.1, 0.15) is 71.0 Å². The number of primary amides is 1. The molecule has 6 nitrogen and oxygen atoms in total. The lowest BCUT2D eigenvalue weighted by Gasteiger charge is -2.24. The number of aryl methyl sites for hydroxylation is 1. The van der Waals surface area contributed by atoms with E-state index in [2.05, 4.69) is 24.0 Å². The van der Waals surface area contributed by atoms with Crippen LogP contribution < -0.4 is 5.73 Å². The molecule has 1 aromatic heterocycles. The van der Waals surface area contributed by atoms with Gasteiger partial charge in [-0.05, 0) is 54.5 Å². The number of nitrogens with two attached hydrogens (primary N) is 1. The standard InChI is InChI=1S/C26H31N3O3/c1-4-11-29(12-5-2)26(31)23-17-20(25-28-10-13-32-25)16-22(24(27)30)21(23)15-19-9-7-8-18(6-3)14-19/h7-10,13-14,16-17H,4-6,11-12,15H2,1-3H3,(H2,27,30). The molecule has 0 saturated carbocycles. The molecule has 0 unspecified atom stereocenters. The average Bonchev–Trinajstić information content (AvgIpc) is 3.33. The molecule has 0 atom stereocenters. The lowest BCUT2D eigenvalue weighted by molar-refractivity contribution is 0.0754. The molecule has 6 heteroatoms. The van der Waals surface area contributed by atoms with Gasteiger partial charge in [0.1, 0.15) is 6.26 Å². The van der Waals surface area contributed by atoms with Crippen molar-refractivity contribution in [1.82, 2.24) is 9.88 Å². The fourth-order valence-electron chi connectivity index (χ4n) is 3.95. The van der Waals surface area contributed by atoms with Gasteiger partial charge in [0.2, 0.25) is 11.8 Å². The highest BCUT2D eigenvalue weighted by atomic mass is 16.3. The van der Waals surface area contributed by atoms with E-state index in [4.69, 9.17) is 10.2 Å². The van der Waals surface area contributed by atoms with Crippen LogP contribution in [0.2, 0.25) is 0 Å². The van der Waals surface area contributed by atoms with Crippen LogP contribution in [0.15, 0.2) is 53.3 Å². The fraction of sp³-hybridized carbons (Fsp3) is 0.346. The summed E-state index contributed by atoms with van der Waals surface area (Å²) in [6, 6.07) is 11.6. The molecule has 0 radical (unpaired) electrons. The minimum atomic E-state index is -0.577. The van der Waals surface area contributed by atoms with E-state index in [0.717, 1.165) is 24.8 Å². The first kappa shape index (κ1) is 23.3. The molecule has 168 valence electrons. The zero-order chi connectivity index (χ0) is 23.1. The minimum absolute atomic E-state index is 0.105. The van der Waals surface area contributed by atoms with Crippen LogP contribution in [0.3, 0.4) is 0 Å². The quantitative estimate of drug-likeness (QED) is 0.495. The molecule has 0 aliphatic heterocycles. The highest BCUT2D eigenvalue weighted by molar-refractivity contribution is 6.03. The van der Waals surface area contributed by atoms with Crippen molar-refractivity contribution in [3.63, 3.8) is 0 Å². The summed E-state index contributed by atoms with van der Waals surface area (Å²) in [5, 5.41) is 0. The highest BCUT2D eigenvalue weighted by Gasteiger charge is 2.24. The van der Waals surface area contributed by atoms with Crippen molar-refractivity contribution in [2.75, 3.05) is 13.1 Å². The molecule has 1 heterocycles. The first-order chi connectivity index (χ1) is 15.5. The molecule has 0 aliphatic rings. The molecular formula is C26H31N3O3. The van der Waals surface area contributed by atoms with Gasteiger partial charge < -0.3 is 15.1 Å². The number of rotatable bonds is 10. The summed E-state index contributed by atoms with van der Waals surface area (Å²) in [6.07, 6.45) is 6.04. The first-order valence-electron chi connectivity index (χ1n) is 11.2. The number of amides is 2. The second kappa shape index (κ2) is 10.8. The predicted molar refractivity (Wildman–Crippen MR) is 126 cm³/mol. The smallest absolute Gasteiger partial charge is 0.254 e. The molecule has 2 amide bonds. The lowest BCUT2D eigenvalue weighted by Crippen LogP contribution is -2.33. The van der Waals surface area contributed by atoms with Gasteiger partial charge >= 0.3 is 0 Å². The van der Waals surface area contributed by atoms with Gasteiger partial charge in [-0.15, -0.1) is 0 Å². The van der Waals surface area contributed by atoms with E-state index < -0.39 is 5.91 Å². The third-order valence-electron chi connectivity index (χ3n) is 5.48. The van der Waals surface area contributed by atoms with Crippen LogP contribution in [-0.4, -0.2) is 34.8 Å². The van der Waals surface area contributed by atoms with Crippen molar-refractivity contribution in [3.8, 4) is 11.5 Å². The summed E-state index contributed by atoms with van der Waals surface area (Å²) >= 11 is 0. The number of carbonyl (C=O) groups is 2. The molecule has 0 saturated heterocycles. The number of carbonyl (C=O) groups excluding carboxylic acids is 2. The molecule has 0 fully saturated rings. The Bertz CT molecular complexity index is 1070. The molecule has 3 aromatic rings. The zero-order valence-corrected chi connectivity index (χ0v) is 19.1. The average molecular weight is 434 g/mol. The molecule has 0 bridgehead atoms. The van der Waals surface area contributed by atoms with Crippen molar-refractivity contribution in [3.05, 3.63) is 76.7 Å². The van der Waals surface area contributed by atoms with Gasteiger partial charge in [0.05, 0.1) is 6.20 Å². The second-order valence-corrected chi connectivity index (χ2v) is 7.89. The number of aromatic nitrogens is 1. The number of oxazole rings is 1. The van der Waals surface area contributed by atoms with Crippen LogP contribution in [0.25, 0.3) is 11.5 Å². The zero-order valence-electron chi connectivity index (χ0n) is 19.1. The Morgan fingerprint density at radius 1 is 1.00 bits per heavy atom. The van der Waals surface area contributed by atoms with Crippen LogP contribution >= 0.6 is 0 Å². The minimum Gasteiger partial charge on any atom is -0.445 e. The molecule has 2 N–H and O–H groups in total. The summed E-state index contributed by atoms with van der Waals surface area (Å²) in [7, 11) is 0. The Labute approximate surface area is 189 Å². The van der Waals surface area contributed by atoms with Crippen molar-refractivity contribution in [2.45, 2.75) is 46.5 Å². The monoisotopic (exact) mass is 433 g/mol. The van der Waals surface area contributed by atoms with Gasteiger partial charge in [0, 0.05) is 29.8 Å². The van der Waals surface area contributed by atoms with E-state index in [9.17, 15) is 9.59 Å². The first-order valence-corrected chi connectivity index (χ1v) is 11.2. The molecule has 0 aliphatic carbocycles. The van der Waals surface area contributed by atoms with Gasteiger partial charge in [-0.2, -0.15) is 0 Å². The van der Waals surface area contributed by atoms with Gasteiger partial charge in [-0.3, -0.25) is 9.59 Å². The summed E-state index contributed by atoms with van der Waals surface area (Å²) in [4.78, 5) is 32.2. The molecule has 3 rings (SSSR count). The highest BCUT2D eigenvalue weighted by Crippen LogP contribution is 2.28. The Morgan fingerprint density at radius 2 is 1.69 bits per heavy atom. The number of hydrogen-bond donors (Lipinski definition) is 1. The topological polar surface area (TPSA) is 89.4 Å². The summed E-state index contributed by atoms with van der Waals surface area (Å²) in [5.41, 5.74) is 10.0. The van der Waals surface area contributed by atoms with E-state index in [-0.39, 0.29) is 5.91 Å². The van der Waals surface area contributed by atoms with Gasteiger partial charge in [0.15, 0.2) is 0 Å². The lowest BCUT2D eigenvalue weighted by atomic mass is 9.90. The van der Waals surface area contributed by atoms with Crippen molar-refractivity contribution < 1.29 is 14.0 Å². The summed E-state index contributed by atoms with van der Waals surface area (Å²) < 4.78 is 5.44. The van der Waals surface area contributed by atoms with Crippen molar-refractivity contribution in [1.29, 1.82) is 0 Å². The van der Waals surface area contributed by atoms with E-state index >= 15 is 0 Å². The SMILES string of the molecule is CCCN(CCC)C(=O)c1cc(-c2ncco2)cc(C(N)=O)c1Cc1cccc(CC)c1. The maximum atomic E-state index is 13.7. The second-order valence-electron chi connectivity index (χ2n) is 7.89. The molecular weight excluding hydrogens is 402 g/mol. The van der Waals surface area contributed by atoms with Gasteiger partial charge in [-0.25, -0.2) is 4.98 Å². The summed E-state index contributed by atoms with van der Waals surface area (Å²) in [5.74, 6) is -0.337. The Hall–Kier alpha value is -3.41. The Kier molecular flexibility index (Phi) is 7.82. The molecule has 32 heavy (non-hydrogen) atoms. The van der Waals surface area contributed by atoms with E-state index in [1.54, 1.807) is 12.1 Å². The van der Waals surface area contributed by atoms with Crippen LogP contribution in [0, 0.1) is 0 Å². The van der Waals surface area contributed by atoms with Crippen LogP contribution in [0.5, 0.6) is 0 Å². The predicted octanol–water partition coefficient (Wildman–Crippen LogP) is 4.86. The normalized spacial score (nSPS) is 10.8. The maximum absolute atomic E-state index is 13.7. The van der Waals surface area contributed by atoms with Crippen molar-refractivity contribution >= 4 is 11.8 Å². The van der Waals surface area contributed by atoms with Crippen LogP contribution in [0.4, 0.5) is 0 Å². The number of nitrogens with zero attached hydrogens (tertiary/aromatic N) is 2. The van der Waals surface area contributed by atoms with E-state index in [1.807, 2.05) is 30.9 Å². The van der Waals surface area contributed by atoms with E-state index in [1.165, 1.54) is 18.0 Å². The Morgan fingerprint density at radius 3 is 2.28 bits per heavy atom. The largest absolute Gasteiger partial charge is 0.445 e. The molecule has 0 spiro atoms. The van der Waals surface area contributed by atoms with Gasteiger partial charge in [0.25, 0.3) is 5.91 Å². The van der Waals surface area contributed by atoms with Crippen molar-refractivity contribution in [2.24, 2.45) is 5.73 Å². The van der Waals surface area contributed by atoms with E-state index in [0.29, 0.717) is 47.7 Å². The summed E-state index contributed by atoms with van der Waals surface area (Å²) in [6.45, 7) is 7.48. The maximum Gasteiger partial charge on any atom is 0.254 e. The van der Waals surface area contributed by atoms with Gasteiger partial charge in [-0.1, -0.05) is 45.0 Å². The third-order valence-corrected chi connectivity index (χ3v) is 5.48. The number of benzene rings is 2. The molecule has 2 aromatic carbocycles. The third kappa shape index (κ3) is 5.25. The Balaban J connectivity index is 2.19. The number of hydrogen-bond acceptors (Lipinski definition) is 4. The van der Waals surface area contributed by atoms with Crippen LogP contribution in [-0.2, 0) is 12.8 Å². The fourth-order valence-corrected chi connectivity index (χ4v) is 3.95.